The van der Waals surface area contributed by atoms with Gasteiger partial charge >= 0.3 is 12.3 Å². The molecule has 1 atom stereocenters. The van der Waals surface area contributed by atoms with Crippen molar-refractivity contribution in [2.45, 2.75) is 58.5 Å². The van der Waals surface area contributed by atoms with Crippen LogP contribution >= 0.6 is 0 Å². The maximum absolute atomic E-state index is 12.3. The monoisotopic (exact) mass is 445 g/mol. The van der Waals surface area contributed by atoms with E-state index in [-0.39, 0.29) is 18.5 Å². The van der Waals surface area contributed by atoms with Crippen LogP contribution in [0.2, 0.25) is 0 Å². The van der Waals surface area contributed by atoms with E-state index in [9.17, 15) is 18.0 Å². The van der Waals surface area contributed by atoms with Gasteiger partial charge in [0.15, 0.2) is 12.6 Å². The summed E-state index contributed by atoms with van der Waals surface area (Å²) in [6, 6.07) is 3.04. The first-order valence-electron chi connectivity index (χ1n) is 10.1. The second-order valence-electron chi connectivity index (χ2n) is 8.15. The summed E-state index contributed by atoms with van der Waals surface area (Å²) in [5, 5.41) is 6.07. The Hall–Kier alpha value is -2.72. The van der Waals surface area contributed by atoms with Gasteiger partial charge in [0.2, 0.25) is 5.88 Å². The fourth-order valence-electron chi connectivity index (χ4n) is 2.92. The van der Waals surface area contributed by atoms with Crippen molar-refractivity contribution in [3.63, 3.8) is 0 Å². The molecule has 31 heavy (non-hydrogen) atoms. The van der Waals surface area contributed by atoms with Crippen LogP contribution in [0.1, 0.15) is 39.7 Å². The Balaban J connectivity index is 1.96. The lowest BCUT2D eigenvalue weighted by atomic mass is 10.2. The van der Waals surface area contributed by atoms with E-state index in [0.29, 0.717) is 31.2 Å². The van der Waals surface area contributed by atoms with Gasteiger partial charge in [-0.15, -0.1) is 0 Å². The van der Waals surface area contributed by atoms with Crippen LogP contribution in [-0.4, -0.2) is 66.0 Å². The highest BCUT2D eigenvalue weighted by atomic mass is 19.4. The molecular weight excluding hydrogens is 415 g/mol. The van der Waals surface area contributed by atoms with Gasteiger partial charge in [-0.05, 0) is 45.7 Å². The first kappa shape index (κ1) is 24.5. The molecule has 0 aliphatic carbocycles. The van der Waals surface area contributed by atoms with Gasteiger partial charge in [0.25, 0.3) is 0 Å². The predicted octanol–water partition coefficient (Wildman–Crippen LogP) is 3.09. The number of guanidine groups is 1. The number of nitrogens with one attached hydrogen (secondary N) is 2. The van der Waals surface area contributed by atoms with E-state index in [1.165, 1.54) is 12.3 Å². The van der Waals surface area contributed by atoms with Crippen molar-refractivity contribution < 1.29 is 27.4 Å². The Morgan fingerprint density at radius 1 is 1.35 bits per heavy atom. The molecule has 2 N–H and O–H groups in total. The fourth-order valence-corrected chi connectivity index (χ4v) is 2.92. The minimum atomic E-state index is -4.42. The zero-order valence-electron chi connectivity index (χ0n) is 18.3. The number of alkyl carbamates (subject to hydrolysis) is 1. The van der Waals surface area contributed by atoms with Crippen LogP contribution in [0.4, 0.5) is 18.0 Å². The Labute approximate surface area is 180 Å². The topological polar surface area (TPSA) is 88.1 Å². The lowest BCUT2D eigenvalue weighted by molar-refractivity contribution is -0.154. The number of aromatic nitrogens is 1. The van der Waals surface area contributed by atoms with Crippen LogP contribution < -0.4 is 15.4 Å². The molecule has 8 nitrogen and oxygen atoms in total. The smallest absolute Gasteiger partial charge is 0.422 e. The Kier molecular flexibility index (Phi) is 8.35. The van der Waals surface area contributed by atoms with Gasteiger partial charge in [0.1, 0.15) is 5.60 Å². The number of nitrogens with zero attached hydrogens (tertiary/aromatic N) is 3. The molecule has 1 amide bonds. The first-order chi connectivity index (χ1) is 14.4. The number of aliphatic imine (C=N–C) groups is 1. The summed E-state index contributed by atoms with van der Waals surface area (Å²) in [7, 11) is 0. The highest BCUT2D eigenvalue weighted by molar-refractivity contribution is 5.80. The van der Waals surface area contributed by atoms with Crippen molar-refractivity contribution in [2.24, 2.45) is 4.99 Å². The van der Waals surface area contributed by atoms with Crippen LogP contribution in [-0.2, 0) is 11.3 Å². The minimum Gasteiger partial charge on any atom is -0.468 e. The number of hydrogen-bond acceptors (Lipinski definition) is 5. The molecule has 11 heteroatoms. The maximum Gasteiger partial charge on any atom is 0.422 e. The number of carbonyl (C=O) groups excluding carboxylic acids is 1. The molecule has 1 aliphatic heterocycles. The van der Waals surface area contributed by atoms with Gasteiger partial charge < -0.3 is 25.0 Å². The molecule has 0 aromatic carbocycles. The van der Waals surface area contributed by atoms with Crippen LogP contribution in [0, 0.1) is 0 Å². The Morgan fingerprint density at radius 3 is 2.74 bits per heavy atom. The zero-order chi connectivity index (χ0) is 23.1. The summed E-state index contributed by atoms with van der Waals surface area (Å²) in [6.45, 7) is 8.13. The average Bonchev–Trinajstić information content (AvgIpc) is 3.10. The van der Waals surface area contributed by atoms with Crippen molar-refractivity contribution in [2.75, 3.05) is 26.2 Å². The van der Waals surface area contributed by atoms with Crippen LogP contribution in [0.15, 0.2) is 23.3 Å². The molecule has 2 heterocycles. The summed E-state index contributed by atoms with van der Waals surface area (Å²) in [6.07, 6.45) is -2.74. The van der Waals surface area contributed by atoms with Crippen LogP contribution in [0.5, 0.6) is 5.88 Å². The van der Waals surface area contributed by atoms with Gasteiger partial charge in [-0.1, -0.05) is 0 Å². The number of halogens is 3. The van der Waals surface area contributed by atoms with E-state index in [4.69, 9.17) is 4.74 Å². The lowest BCUT2D eigenvalue weighted by Crippen LogP contribution is -2.44. The number of likely N-dealkylation sites (tertiary alicyclic amines) is 1. The third-order valence-corrected chi connectivity index (χ3v) is 4.14. The van der Waals surface area contributed by atoms with Crippen LogP contribution in [0.25, 0.3) is 0 Å². The molecule has 2 rings (SSSR count). The third-order valence-electron chi connectivity index (χ3n) is 4.14. The van der Waals surface area contributed by atoms with Crippen molar-refractivity contribution in [3.05, 3.63) is 23.9 Å². The Bertz CT molecular complexity index is 765. The standard InChI is InChI=1S/C20H30F3N5O3/c1-5-24-17(28-9-7-15(12-28)27-18(29)31-19(2,3)4)26-11-14-6-8-25-16(10-14)30-13-20(21,22)23/h6,8,10,15H,5,7,9,11-13H2,1-4H3,(H,24,26)(H,27,29). The summed E-state index contributed by atoms with van der Waals surface area (Å²) in [4.78, 5) is 22.4. The predicted molar refractivity (Wildman–Crippen MR) is 110 cm³/mol. The van der Waals surface area contributed by atoms with Gasteiger partial charge in [-0.25, -0.2) is 14.8 Å². The van der Waals surface area contributed by atoms with E-state index in [1.807, 2.05) is 32.6 Å². The second kappa shape index (κ2) is 10.5. The molecule has 1 fully saturated rings. The molecule has 1 aromatic heterocycles. The molecule has 0 radical (unpaired) electrons. The molecular formula is C20H30F3N5O3. The van der Waals surface area contributed by atoms with Gasteiger partial charge in [0, 0.05) is 31.9 Å². The number of alkyl halides is 3. The van der Waals surface area contributed by atoms with Gasteiger partial charge in [0.05, 0.1) is 12.6 Å². The van der Waals surface area contributed by atoms with Crippen molar-refractivity contribution in [3.8, 4) is 5.88 Å². The van der Waals surface area contributed by atoms with Crippen molar-refractivity contribution in [1.82, 2.24) is 20.5 Å². The number of amides is 1. The second-order valence-corrected chi connectivity index (χ2v) is 8.15. The summed E-state index contributed by atoms with van der Waals surface area (Å²) in [5.41, 5.74) is 0.108. The van der Waals surface area contributed by atoms with E-state index in [2.05, 4.69) is 25.3 Å². The SMILES string of the molecule is CCNC(=NCc1ccnc(OCC(F)(F)F)c1)N1CCC(NC(=O)OC(C)(C)C)C1. The molecule has 0 bridgehead atoms. The largest absolute Gasteiger partial charge is 0.468 e. The molecule has 0 saturated carbocycles. The molecule has 1 aromatic rings. The lowest BCUT2D eigenvalue weighted by Gasteiger charge is -2.23. The molecule has 0 spiro atoms. The van der Waals surface area contributed by atoms with E-state index < -0.39 is 24.5 Å². The Morgan fingerprint density at radius 2 is 2.10 bits per heavy atom. The maximum atomic E-state index is 12.3. The first-order valence-corrected chi connectivity index (χ1v) is 10.1. The van der Waals surface area contributed by atoms with E-state index in [0.717, 1.165) is 6.42 Å². The average molecular weight is 445 g/mol. The number of ether oxygens (including phenoxy) is 2. The summed E-state index contributed by atoms with van der Waals surface area (Å²) in [5.74, 6) is 0.559. The zero-order valence-corrected chi connectivity index (χ0v) is 18.3. The van der Waals surface area contributed by atoms with Crippen molar-refractivity contribution >= 4 is 12.1 Å². The fraction of sp³-hybridized carbons (Fsp3) is 0.650. The van der Waals surface area contributed by atoms with Crippen molar-refractivity contribution in [1.29, 1.82) is 0 Å². The number of rotatable bonds is 6. The van der Waals surface area contributed by atoms with Gasteiger partial charge in [-0.2, -0.15) is 13.2 Å². The molecule has 1 aliphatic rings. The highest BCUT2D eigenvalue weighted by Crippen LogP contribution is 2.18. The minimum absolute atomic E-state index is 0.0676. The molecule has 174 valence electrons. The number of hydrogen-bond donors (Lipinski definition) is 2. The van der Waals surface area contributed by atoms with Gasteiger partial charge in [-0.3, -0.25) is 0 Å². The number of pyridine rings is 1. The quantitative estimate of drug-likeness (QED) is 0.517. The normalized spacial score (nSPS) is 17.5. The summed E-state index contributed by atoms with van der Waals surface area (Å²) >= 11 is 0. The summed E-state index contributed by atoms with van der Waals surface area (Å²) < 4.78 is 47.0. The number of carbonyl (C=O) groups is 1. The van der Waals surface area contributed by atoms with E-state index in [1.54, 1.807) is 6.07 Å². The molecule has 1 unspecified atom stereocenters. The third kappa shape index (κ3) is 9.31. The molecule has 1 saturated heterocycles. The van der Waals surface area contributed by atoms with E-state index >= 15 is 0 Å². The van der Waals surface area contributed by atoms with Crippen LogP contribution in [0.3, 0.4) is 0 Å². The highest BCUT2D eigenvalue weighted by Gasteiger charge is 2.29.